The summed E-state index contributed by atoms with van der Waals surface area (Å²) in [6, 6.07) is 1.92. The first-order valence-corrected chi connectivity index (χ1v) is 9.28. The lowest BCUT2D eigenvalue weighted by molar-refractivity contribution is -0.129. The first-order chi connectivity index (χ1) is 12.1. The quantitative estimate of drug-likeness (QED) is 0.842. The van der Waals surface area contributed by atoms with Crippen LogP contribution in [-0.2, 0) is 4.79 Å². The van der Waals surface area contributed by atoms with Crippen molar-refractivity contribution in [1.29, 1.82) is 0 Å². The van der Waals surface area contributed by atoms with E-state index in [1.54, 1.807) is 19.2 Å². The van der Waals surface area contributed by atoms with E-state index in [4.69, 9.17) is 0 Å². The lowest BCUT2D eigenvalue weighted by Gasteiger charge is -2.34. The van der Waals surface area contributed by atoms with Crippen LogP contribution in [0, 0.1) is 0 Å². The van der Waals surface area contributed by atoms with Gasteiger partial charge in [-0.15, -0.1) is 0 Å². The molecule has 0 unspecified atom stereocenters. The number of rotatable bonds is 3. The highest BCUT2D eigenvalue weighted by atomic mass is 16.2. The highest BCUT2D eigenvalue weighted by molar-refractivity contribution is 5.92. The van der Waals surface area contributed by atoms with Gasteiger partial charge in [-0.1, -0.05) is 25.7 Å². The minimum Gasteiger partial charge on any atom is -0.348 e. The van der Waals surface area contributed by atoms with E-state index in [-0.39, 0.29) is 17.9 Å². The SMILES string of the molecule is CC(=O)N1CCN(c2nccc(C(=O)NC3CCCCCC3)n2)CC1. The zero-order chi connectivity index (χ0) is 17.6. The Balaban J connectivity index is 1.61. The minimum atomic E-state index is -0.113. The maximum absolute atomic E-state index is 12.5. The third-order valence-electron chi connectivity index (χ3n) is 5.07. The van der Waals surface area contributed by atoms with Crippen molar-refractivity contribution in [2.75, 3.05) is 31.1 Å². The molecule has 136 valence electrons. The first-order valence-electron chi connectivity index (χ1n) is 9.28. The molecule has 7 heteroatoms. The van der Waals surface area contributed by atoms with Gasteiger partial charge in [0, 0.05) is 45.3 Å². The van der Waals surface area contributed by atoms with E-state index in [2.05, 4.69) is 15.3 Å². The van der Waals surface area contributed by atoms with Crippen LogP contribution in [0.25, 0.3) is 0 Å². The van der Waals surface area contributed by atoms with E-state index in [1.807, 2.05) is 9.80 Å². The smallest absolute Gasteiger partial charge is 0.270 e. The molecule has 1 aromatic rings. The van der Waals surface area contributed by atoms with Crippen molar-refractivity contribution in [2.45, 2.75) is 51.5 Å². The number of hydrogen-bond donors (Lipinski definition) is 1. The van der Waals surface area contributed by atoms with E-state index < -0.39 is 0 Å². The molecule has 1 aromatic heterocycles. The fraction of sp³-hybridized carbons (Fsp3) is 0.667. The van der Waals surface area contributed by atoms with E-state index in [0.717, 1.165) is 12.8 Å². The van der Waals surface area contributed by atoms with Crippen molar-refractivity contribution in [1.82, 2.24) is 20.2 Å². The number of aromatic nitrogens is 2. The Morgan fingerprint density at radius 3 is 2.40 bits per heavy atom. The highest BCUT2D eigenvalue weighted by Gasteiger charge is 2.22. The van der Waals surface area contributed by atoms with Crippen LogP contribution in [0.5, 0.6) is 0 Å². The maximum atomic E-state index is 12.5. The summed E-state index contributed by atoms with van der Waals surface area (Å²) in [4.78, 5) is 36.6. The third kappa shape index (κ3) is 4.67. The summed E-state index contributed by atoms with van der Waals surface area (Å²) < 4.78 is 0. The number of carbonyl (C=O) groups excluding carboxylic acids is 2. The van der Waals surface area contributed by atoms with Crippen molar-refractivity contribution in [2.24, 2.45) is 0 Å². The molecule has 0 atom stereocenters. The number of nitrogens with one attached hydrogen (secondary N) is 1. The summed E-state index contributed by atoms with van der Waals surface area (Å²) in [7, 11) is 0. The molecule has 2 heterocycles. The Kier molecular flexibility index (Phi) is 5.83. The van der Waals surface area contributed by atoms with Gasteiger partial charge in [0.2, 0.25) is 11.9 Å². The molecule has 7 nitrogen and oxygen atoms in total. The Bertz CT molecular complexity index is 605. The predicted octanol–water partition coefficient (Wildman–Crippen LogP) is 1.60. The average Bonchev–Trinajstić information content (AvgIpc) is 2.90. The Labute approximate surface area is 148 Å². The number of hydrogen-bond acceptors (Lipinski definition) is 5. The van der Waals surface area contributed by atoms with Gasteiger partial charge in [-0.05, 0) is 18.9 Å². The van der Waals surface area contributed by atoms with Gasteiger partial charge in [0.05, 0.1) is 0 Å². The van der Waals surface area contributed by atoms with Gasteiger partial charge >= 0.3 is 0 Å². The normalized spacial score (nSPS) is 19.4. The Morgan fingerprint density at radius 1 is 1.08 bits per heavy atom. The van der Waals surface area contributed by atoms with Crippen molar-refractivity contribution in [3.8, 4) is 0 Å². The van der Waals surface area contributed by atoms with Crippen LogP contribution in [0.4, 0.5) is 5.95 Å². The second-order valence-electron chi connectivity index (χ2n) is 6.90. The van der Waals surface area contributed by atoms with Gasteiger partial charge in [0.15, 0.2) is 0 Å². The van der Waals surface area contributed by atoms with Crippen LogP contribution < -0.4 is 10.2 Å². The van der Waals surface area contributed by atoms with E-state index in [0.29, 0.717) is 37.8 Å². The van der Waals surface area contributed by atoms with Gasteiger partial charge in [-0.2, -0.15) is 0 Å². The second kappa shape index (κ2) is 8.27. The number of piperazine rings is 1. The summed E-state index contributed by atoms with van der Waals surface area (Å²) in [5, 5.41) is 3.13. The highest BCUT2D eigenvalue weighted by Crippen LogP contribution is 2.18. The van der Waals surface area contributed by atoms with Gasteiger partial charge in [-0.25, -0.2) is 9.97 Å². The van der Waals surface area contributed by atoms with Crippen LogP contribution in [-0.4, -0.2) is 58.9 Å². The van der Waals surface area contributed by atoms with Crippen LogP contribution in [0.1, 0.15) is 55.9 Å². The molecule has 3 rings (SSSR count). The van der Waals surface area contributed by atoms with Crippen LogP contribution >= 0.6 is 0 Å². The van der Waals surface area contributed by atoms with Crippen molar-refractivity contribution >= 4 is 17.8 Å². The molecule has 1 saturated carbocycles. The molecule has 0 spiro atoms. The van der Waals surface area contributed by atoms with Crippen LogP contribution in [0.15, 0.2) is 12.3 Å². The summed E-state index contributed by atoms with van der Waals surface area (Å²) in [5.41, 5.74) is 0.420. The first kappa shape index (κ1) is 17.6. The monoisotopic (exact) mass is 345 g/mol. The third-order valence-corrected chi connectivity index (χ3v) is 5.07. The molecular weight excluding hydrogens is 318 g/mol. The average molecular weight is 345 g/mol. The zero-order valence-electron chi connectivity index (χ0n) is 14.9. The van der Waals surface area contributed by atoms with Gasteiger partial charge < -0.3 is 15.1 Å². The molecule has 25 heavy (non-hydrogen) atoms. The minimum absolute atomic E-state index is 0.0945. The van der Waals surface area contributed by atoms with Gasteiger partial charge in [0.1, 0.15) is 5.69 Å². The van der Waals surface area contributed by atoms with Crippen LogP contribution in [0.2, 0.25) is 0 Å². The fourth-order valence-electron chi connectivity index (χ4n) is 3.53. The lowest BCUT2D eigenvalue weighted by Crippen LogP contribution is -2.48. The summed E-state index contributed by atoms with van der Waals surface area (Å²) in [6.07, 6.45) is 8.63. The molecule has 2 fully saturated rings. The topological polar surface area (TPSA) is 78.4 Å². The zero-order valence-corrected chi connectivity index (χ0v) is 14.9. The second-order valence-corrected chi connectivity index (χ2v) is 6.90. The molecule has 1 N–H and O–H groups in total. The predicted molar refractivity (Wildman–Crippen MR) is 95.5 cm³/mol. The number of carbonyl (C=O) groups is 2. The van der Waals surface area contributed by atoms with E-state index >= 15 is 0 Å². The maximum Gasteiger partial charge on any atom is 0.270 e. The number of amides is 2. The van der Waals surface area contributed by atoms with Crippen molar-refractivity contribution in [3.05, 3.63) is 18.0 Å². The summed E-state index contributed by atoms with van der Waals surface area (Å²) in [6.45, 7) is 4.29. The molecule has 1 saturated heterocycles. The van der Waals surface area contributed by atoms with Gasteiger partial charge in [-0.3, -0.25) is 9.59 Å². The molecule has 2 amide bonds. The molecule has 2 aliphatic rings. The molecular formula is C18H27N5O2. The van der Waals surface area contributed by atoms with Gasteiger partial charge in [0.25, 0.3) is 5.91 Å². The number of nitrogens with zero attached hydrogens (tertiary/aromatic N) is 4. The molecule has 0 bridgehead atoms. The Morgan fingerprint density at radius 2 is 1.76 bits per heavy atom. The molecule has 1 aliphatic heterocycles. The lowest BCUT2D eigenvalue weighted by atomic mass is 10.1. The van der Waals surface area contributed by atoms with E-state index in [9.17, 15) is 9.59 Å². The molecule has 0 radical (unpaired) electrons. The largest absolute Gasteiger partial charge is 0.348 e. The number of anilines is 1. The van der Waals surface area contributed by atoms with E-state index in [1.165, 1.54) is 25.7 Å². The summed E-state index contributed by atoms with van der Waals surface area (Å²) in [5.74, 6) is 0.548. The van der Waals surface area contributed by atoms with Crippen molar-refractivity contribution in [3.63, 3.8) is 0 Å². The molecule has 0 aromatic carbocycles. The van der Waals surface area contributed by atoms with Crippen LogP contribution in [0.3, 0.4) is 0 Å². The molecule has 1 aliphatic carbocycles. The van der Waals surface area contributed by atoms with Crippen molar-refractivity contribution < 1.29 is 9.59 Å². The standard InChI is InChI=1S/C18H27N5O2/c1-14(24)22-10-12-23(13-11-22)18-19-9-8-16(21-18)17(25)20-15-6-4-2-3-5-7-15/h8-9,15H,2-7,10-13H2,1H3,(H,20,25). The summed E-state index contributed by atoms with van der Waals surface area (Å²) >= 11 is 0. The Hall–Kier alpha value is -2.18. The fourth-order valence-corrected chi connectivity index (χ4v) is 3.53.